The Balaban J connectivity index is 1.68. The number of sulfone groups is 1. The second-order valence-electron chi connectivity index (χ2n) is 6.96. The smallest absolute Gasteiger partial charge is 0.339 e. The fourth-order valence-electron chi connectivity index (χ4n) is 3.09. The molecule has 3 rings (SSSR count). The number of thioether (sulfide) groups is 1. The van der Waals surface area contributed by atoms with Gasteiger partial charge in [0, 0.05) is 15.7 Å². The van der Waals surface area contributed by atoms with E-state index in [0.717, 1.165) is 11.1 Å². The van der Waals surface area contributed by atoms with Gasteiger partial charge in [0.2, 0.25) is 5.78 Å². The molecule has 0 aliphatic carbocycles. The number of esters is 1. The average molecular weight is 419 g/mol. The van der Waals surface area contributed by atoms with Crippen LogP contribution in [0, 0.1) is 13.8 Å². The van der Waals surface area contributed by atoms with Gasteiger partial charge >= 0.3 is 5.97 Å². The van der Waals surface area contributed by atoms with Crippen molar-refractivity contribution in [1.82, 2.24) is 0 Å². The Labute approximate surface area is 169 Å². The quantitative estimate of drug-likeness (QED) is 0.527. The minimum atomic E-state index is -2.99. The van der Waals surface area contributed by atoms with Crippen molar-refractivity contribution in [2.45, 2.75) is 30.4 Å². The highest BCUT2D eigenvalue weighted by Gasteiger charge is 2.29. The molecule has 1 aliphatic rings. The highest BCUT2D eigenvalue weighted by molar-refractivity contribution is 8.02. The predicted octanol–water partition coefficient (Wildman–Crippen LogP) is 3.62. The first kappa shape index (κ1) is 20.6. The standard InChI is InChI=1S/C21H22O5S2/c1-14-7-8-15(2)18(11-14)19(22)12-26-21(23)17-5-3-4-6-20(17)27-16-9-10-28(24,25)13-16/h3-8,11,16H,9-10,12-13H2,1-2H3/t16-/m1/s1. The molecule has 2 aromatic carbocycles. The summed E-state index contributed by atoms with van der Waals surface area (Å²) < 4.78 is 28.6. The lowest BCUT2D eigenvalue weighted by Crippen LogP contribution is -2.16. The van der Waals surface area contributed by atoms with Crippen molar-refractivity contribution in [3.63, 3.8) is 0 Å². The summed E-state index contributed by atoms with van der Waals surface area (Å²) in [6, 6.07) is 12.5. The Morgan fingerprint density at radius 2 is 1.86 bits per heavy atom. The van der Waals surface area contributed by atoms with E-state index in [1.807, 2.05) is 26.0 Å². The molecule has 5 nitrogen and oxygen atoms in total. The van der Waals surface area contributed by atoms with E-state index >= 15 is 0 Å². The number of Topliss-reactive ketones (excluding diaryl/α,β-unsaturated/α-hetero) is 1. The van der Waals surface area contributed by atoms with Gasteiger partial charge in [0.05, 0.1) is 17.1 Å². The van der Waals surface area contributed by atoms with E-state index in [1.54, 1.807) is 30.3 Å². The highest BCUT2D eigenvalue weighted by Crippen LogP contribution is 2.33. The van der Waals surface area contributed by atoms with Crippen LogP contribution in [0.3, 0.4) is 0 Å². The lowest BCUT2D eigenvalue weighted by molar-refractivity contribution is 0.0471. The summed E-state index contributed by atoms with van der Waals surface area (Å²) in [6.07, 6.45) is 0.571. The molecule has 2 aromatic rings. The molecule has 1 heterocycles. The Kier molecular flexibility index (Phi) is 6.25. The number of ether oxygens (including phenoxy) is 1. The van der Waals surface area contributed by atoms with Gasteiger partial charge in [-0.3, -0.25) is 4.79 Å². The molecule has 0 N–H and O–H groups in total. The molecule has 1 aliphatic heterocycles. The molecule has 1 saturated heterocycles. The van der Waals surface area contributed by atoms with E-state index in [-0.39, 0.29) is 29.1 Å². The summed E-state index contributed by atoms with van der Waals surface area (Å²) in [5.74, 6) is -0.530. The van der Waals surface area contributed by atoms with Crippen LogP contribution in [0.15, 0.2) is 47.4 Å². The van der Waals surface area contributed by atoms with Gasteiger partial charge in [0.1, 0.15) is 0 Å². The summed E-state index contributed by atoms with van der Waals surface area (Å²) >= 11 is 1.38. The third-order valence-corrected chi connectivity index (χ3v) is 7.94. The highest BCUT2D eigenvalue weighted by atomic mass is 32.2. The molecule has 28 heavy (non-hydrogen) atoms. The first-order chi connectivity index (χ1) is 13.2. The minimum absolute atomic E-state index is 0.0736. The molecule has 0 amide bonds. The lowest BCUT2D eigenvalue weighted by atomic mass is 10.0. The maximum atomic E-state index is 12.5. The van der Waals surface area contributed by atoms with Crippen molar-refractivity contribution in [2.24, 2.45) is 0 Å². The number of aryl methyl sites for hydroxylation is 2. The zero-order valence-corrected chi connectivity index (χ0v) is 17.4. The number of benzene rings is 2. The first-order valence-electron chi connectivity index (χ1n) is 8.99. The number of hydrogen-bond acceptors (Lipinski definition) is 6. The largest absolute Gasteiger partial charge is 0.454 e. The summed E-state index contributed by atoms with van der Waals surface area (Å²) in [5.41, 5.74) is 2.70. The van der Waals surface area contributed by atoms with Crippen LogP contribution in [0.25, 0.3) is 0 Å². The molecule has 0 spiro atoms. The number of carbonyl (C=O) groups excluding carboxylic acids is 2. The first-order valence-corrected chi connectivity index (χ1v) is 11.7. The van der Waals surface area contributed by atoms with Crippen molar-refractivity contribution in [2.75, 3.05) is 18.1 Å². The molecule has 0 saturated carbocycles. The van der Waals surface area contributed by atoms with Crippen LogP contribution < -0.4 is 0 Å². The maximum absolute atomic E-state index is 12.5. The van der Waals surface area contributed by atoms with Gasteiger partial charge in [-0.05, 0) is 44.0 Å². The van der Waals surface area contributed by atoms with Crippen molar-refractivity contribution in [3.8, 4) is 0 Å². The predicted molar refractivity (Wildman–Crippen MR) is 110 cm³/mol. The van der Waals surface area contributed by atoms with Crippen LogP contribution in [0.1, 0.15) is 38.3 Å². The van der Waals surface area contributed by atoms with Gasteiger partial charge in [-0.1, -0.05) is 29.8 Å². The maximum Gasteiger partial charge on any atom is 0.339 e. The second-order valence-corrected chi connectivity index (χ2v) is 10.5. The van der Waals surface area contributed by atoms with E-state index in [4.69, 9.17) is 4.74 Å². The summed E-state index contributed by atoms with van der Waals surface area (Å²) in [4.78, 5) is 25.7. The molecule has 0 bridgehead atoms. The van der Waals surface area contributed by atoms with E-state index in [2.05, 4.69) is 0 Å². The van der Waals surface area contributed by atoms with Crippen LogP contribution in [0.5, 0.6) is 0 Å². The van der Waals surface area contributed by atoms with E-state index in [0.29, 0.717) is 22.4 Å². The Hall–Kier alpha value is -2.12. The number of carbonyl (C=O) groups is 2. The normalized spacial score (nSPS) is 18.0. The van der Waals surface area contributed by atoms with Crippen molar-refractivity contribution >= 4 is 33.4 Å². The SMILES string of the molecule is Cc1ccc(C)c(C(=O)COC(=O)c2ccccc2S[C@@H]2CCS(=O)(=O)C2)c1. The topological polar surface area (TPSA) is 77.5 Å². The third kappa shape index (κ3) is 5.02. The average Bonchev–Trinajstić information content (AvgIpc) is 3.00. The van der Waals surface area contributed by atoms with Gasteiger partial charge in [-0.2, -0.15) is 0 Å². The van der Waals surface area contributed by atoms with Crippen molar-refractivity contribution in [3.05, 3.63) is 64.7 Å². The zero-order chi connectivity index (χ0) is 20.3. The lowest BCUT2D eigenvalue weighted by Gasteiger charge is -2.12. The third-order valence-electron chi connectivity index (χ3n) is 4.62. The van der Waals surface area contributed by atoms with Crippen LogP contribution in [-0.2, 0) is 14.6 Å². The Morgan fingerprint density at radius 1 is 1.11 bits per heavy atom. The van der Waals surface area contributed by atoms with Crippen molar-refractivity contribution < 1.29 is 22.7 Å². The number of ketones is 1. The van der Waals surface area contributed by atoms with E-state index in [1.165, 1.54) is 11.8 Å². The van der Waals surface area contributed by atoms with Crippen LogP contribution in [0.2, 0.25) is 0 Å². The molecule has 7 heteroatoms. The molecule has 0 radical (unpaired) electrons. The van der Waals surface area contributed by atoms with Crippen LogP contribution >= 0.6 is 11.8 Å². The van der Waals surface area contributed by atoms with Gasteiger partial charge in [-0.25, -0.2) is 13.2 Å². The fourth-order valence-corrected chi connectivity index (χ4v) is 6.71. The monoisotopic (exact) mass is 418 g/mol. The Morgan fingerprint density at radius 3 is 2.57 bits per heavy atom. The summed E-state index contributed by atoms with van der Waals surface area (Å²) in [5, 5.41) is -0.0736. The molecular weight excluding hydrogens is 396 g/mol. The molecule has 0 unspecified atom stereocenters. The molecule has 1 atom stereocenters. The summed E-state index contributed by atoms with van der Waals surface area (Å²) in [6.45, 7) is 3.41. The zero-order valence-electron chi connectivity index (χ0n) is 15.8. The molecule has 148 valence electrons. The number of hydrogen-bond donors (Lipinski definition) is 0. The fraction of sp³-hybridized carbons (Fsp3) is 0.333. The van der Waals surface area contributed by atoms with E-state index in [9.17, 15) is 18.0 Å². The molecular formula is C21H22O5S2. The second kappa shape index (κ2) is 8.49. The van der Waals surface area contributed by atoms with Crippen molar-refractivity contribution in [1.29, 1.82) is 0 Å². The Bertz CT molecular complexity index is 1010. The van der Waals surface area contributed by atoms with Gasteiger partial charge in [0.25, 0.3) is 0 Å². The van der Waals surface area contributed by atoms with Crippen LogP contribution in [0.4, 0.5) is 0 Å². The minimum Gasteiger partial charge on any atom is -0.454 e. The van der Waals surface area contributed by atoms with E-state index < -0.39 is 15.8 Å². The number of rotatable bonds is 6. The van der Waals surface area contributed by atoms with Crippen LogP contribution in [-0.4, -0.2) is 43.5 Å². The van der Waals surface area contributed by atoms with Gasteiger partial charge in [-0.15, -0.1) is 11.8 Å². The summed E-state index contributed by atoms with van der Waals surface area (Å²) in [7, 11) is -2.99. The molecule has 1 fully saturated rings. The molecule has 0 aromatic heterocycles. The van der Waals surface area contributed by atoms with Gasteiger partial charge < -0.3 is 4.74 Å². The van der Waals surface area contributed by atoms with Gasteiger partial charge in [0.15, 0.2) is 16.4 Å².